The molecule has 0 aliphatic rings. The van der Waals surface area contributed by atoms with Crippen LogP contribution in [0.1, 0.15) is 16.1 Å². The number of para-hydroxylation sites is 1. The van der Waals surface area contributed by atoms with Crippen LogP contribution in [0.3, 0.4) is 0 Å². The highest BCUT2D eigenvalue weighted by molar-refractivity contribution is 6.10. The number of hydrogen-bond acceptors (Lipinski definition) is 4. The molecular weight excluding hydrogens is 278 g/mol. The molecule has 0 saturated carbocycles. The van der Waals surface area contributed by atoms with Crippen LogP contribution in [0.4, 0.5) is 5.69 Å². The molecule has 112 valence electrons. The minimum Gasteiger partial charge on any atom is -0.497 e. The molecule has 2 aromatic carbocycles. The Morgan fingerprint density at radius 3 is 2.68 bits per heavy atom. The molecule has 4 nitrogen and oxygen atoms in total. The largest absolute Gasteiger partial charge is 0.497 e. The first-order chi connectivity index (χ1) is 10.7. The van der Waals surface area contributed by atoms with Crippen LogP contribution in [0.15, 0.2) is 52.9 Å². The lowest BCUT2D eigenvalue weighted by molar-refractivity contribution is 0.101. The molecule has 0 aliphatic carbocycles. The number of carbonyl (C=O) groups excluding carboxylic acids is 1. The van der Waals surface area contributed by atoms with E-state index in [1.54, 1.807) is 7.11 Å². The fourth-order valence-corrected chi connectivity index (χ4v) is 2.50. The summed E-state index contributed by atoms with van der Waals surface area (Å²) < 4.78 is 10.9. The number of carbonyl (C=O) groups is 1. The molecule has 0 atom stereocenters. The topological polar surface area (TPSA) is 51.5 Å². The van der Waals surface area contributed by atoms with Gasteiger partial charge >= 0.3 is 0 Å². The van der Waals surface area contributed by atoms with E-state index < -0.39 is 0 Å². The number of ether oxygens (including phenoxy) is 1. The van der Waals surface area contributed by atoms with Gasteiger partial charge < -0.3 is 14.5 Å². The van der Waals surface area contributed by atoms with Crippen molar-refractivity contribution in [3.63, 3.8) is 0 Å². The first-order valence-electron chi connectivity index (χ1n) is 7.08. The van der Waals surface area contributed by atoms with Gasteiger partial charge in [-0.25, -0.2) is 0 Å². The predicted octanol–water partition coefficient (Wildman–Crippen LogP) is 4.04. The SMILES string of the molecule is COc1ccc2oc(C)c(C(=O)CNc3ccccc3)c2c1. The van der Waals surface area contributed by atoms with Gasteiger partial charge in [0, 0.05) is 11.1 Å². The molecule has 0 spiro atoms. The van der Waals surface area contributed by atoms with Gasteiger partial charge in [0.05, 0.1) is 19.2 Å². The first kappa shape index (κ1) is 14.2. The highest BCUT2D eigenvalue weighted by atomic mass is 16.5. The number of rotatable bonds is 5. The Kier molecular flexibility index (Phi) is 3.83. The van der Waals surface area contributed by atoms with Crippen LogP contribution in [0.25, 0.3) is 11.0 Å². The van der Waals surface area contributed by atoms with Crippen molar-refractivity contribution in [3.8, 4) is 5.75 Å². The second-order valence-electron chi connectivity index (χ2n) is 5.04. The number of fused-ring (bicyclic) bond motifs is 1. The third kappa shape index (κ3) is 2.68. The molecule has 0 bridgehead atoms. The van der Waals surface area contributed by atoms with Gasteiger partial charge in [-0.1, -0.05) is 18.2 Å². The lowest BCUT2D eigenvalue weighted by Gasteiger charge is -2.05. The molecule has 1 heterocycles. The van der Waals surface area contributed by atoms with Gasteiger partial charge in [-0.3, -0.25) is 4.79 Å². The van der Waals surface area contributed by atoms with Gasteiger partial charge in [0.2, 0.25) is 0 Å². The average Bonchev–Trinajstić information content (AvgIpc) is 2.88. The number of Topliss-reactive ketones (excluding diaryl/α,β-unsaturated/α-hetero) is 1. The van der Waals surface area contributed by atoms with E-state index in [2.05, 4.69) is 5.32 Å². The zero-order chi connectivity index (χ0) is 15.5. The second-order valence-corrected chi connectivity index (χ2v) is 5.04. The number of ketones is 1. The van der Waals surface area contributed by atoms with Crippen molar-refractivity contribution in [2.45, 2.75) is 6.92 Å². The van der Waals surface area contributed by atoms with E-state index in [4.69, 9.17) is 9.15 Å². The number of hydrogen-bond donors (Lipinski definition) is 1. The summed E-state index contributed by atoms with van der Waals surface area (Å²) in [5.74, 6) is 1.33. The number of benzene rings is 2. The lowest BCUT2D eigenvalue weighted by atomic mass is 10.1. The quantitative estimate of drug-likeness (QED) is 0.722. The Balaban J connectivity index is 1.88. The fourth-order valence-electron chi connectivity index (χ4n) is 2.50. The van der Waals surface area contributed by atoms with E-state index in [1.165, 1.54) is 0 Å². The number of methoxy groups -OCH3 is 1. The molecule has 0 saturated heterocycles. The second kappa shape index (κ2) is 5.93. The normalized spacial score (nSPS) is 10.6. The predicted molar refractivity (Wildman–Crippen MR) is 86.8 cm³/mol. The van der Waals surface area contributed by atoms with Crippen LogP contribution in [-0.2, 0) is 0 Å². The van der Waals surface area contributed by atoms with Crippen LogP contribution >= 0.6 is 0 Å². The molecule has 1 aromatic heterocycles. The van der Waals surface area contributed by atoms with E-state index in [1.807, 2.05) is 55.5 Å². The molecule has 0 radical (unpaired) electrons. The zero-order valence-corrected chi connectivity index (χ0v) is 12.6. The maximum atomic E-state index is 12.6. The van der Waals surface area contributed by atoms with Crippen molar-refractivity contribution in [1.29, 1.82) is 0 Å². The Hall–Kier alpha value is -2.75. The maximum absolute atomic E-state index is 12.6. The van der Waals surface area contributed by atoms with Crippen LogP contribution in [0.5, 0.6) is 5.75 Å². The molecule has 0 unspecified atom stereocenters. The van der Waals surface area contributed by atoms with Crippen LogP contribution in [0.2, 0.25) is 0 Å². The van der Waals surface area contributed by atoms with Gasteiger partial charge in [-0.05, 0) is 37.3 Å². The Morgan fingerprint density at radius 1 is 1.18 bits per heavy atom. The minimum atomic E-state index is -0.00615. The summed E-state index contributed by atoms with van der Waals surface area (Å²) in [5, 5.41) is 3.92. The van der Waals surface area contributed by atoms with Gasteiger partial charge in [-0.15, -0.1) is 0 Å². The van der Waals surface area contributed by atoms with Crippen molar-refractivity contribution in [2.75, 3.05) is 19.0 Å². The van der Waals surface area contributed by atoms with Crippen LogP contribution in [-0.4, -0.2) is 19.4 Å². The number of furan rings is 1. The summed E-state index contributed by atoms with van der Waals surface area (Å²) in [6.45, 7) is 2.03. The van der Waals surface area contributed by atoms with Gasteiger partial charge in [0.1, 0.15) is 17.1 Å². The monoisotopic (exact) mass is 295 g/mol. The van der Waals surface area contributed by atoms with E-state index >= 15 is 0 Å². The summed E-state index contributed by atoms with van der Waals surface area (Å²) in [6.07, 6.45) is 0. The van der Waals surface area contributed by atoms with Crippen molar-refractivity contribution < 1.29 is 13.9 Å². The Labute approximate surface area is 128 Å². The molecule has 3 rings (SSSR count). The van der Waals surface area contributed by atoms with Crippen molar-refractivity contribution in [2.24, 2.45) is 0 Å². The molecule has 0 aliphatic heterocycles. The Morgan fingerprint density at radius 2 is 1.95 bits per heavy atom. The highest BCUT2D eigenvalue weighted by Crippen LogP contribution is 2.29. The number of aryl methyl sites for hydroxylation is 1. The summed E-state index contributed by atoms with van der Waals surface area (Å²) in [6, 6.07) is 15.1. The number of anilines is 1. The van der Waals surface area contributed by atoms with Crippen molar-refractivity contribution >= 4 is 22.4 Å². The fraction of sp³-hybridized carbons (Fsp3) is 0.167. The standard InChI is InChI=1S/C18H17NO3/c1-12-18(15-10-14(21-2)8-9-17(15)22-12)16(20)11-19-13-6-4-3-5-7-13/h3-10,19H,11H2,1-2H3. The van der Waals surface area contributed by atoms with E-state index in [0.717, 1.165) is 11.1 Å². The summed E-state index contributed by atoms with van der Waals surface area (Å²) in [7, 11) is 1.60. The van der Waals surface area contributed by atoms with Crippen molar-refractivity contribution in [1.82, 2.24) is 0 Å². The molecule has 0 fully saturated rings. The third-order valence-corrected chi connectivity index (χ3v) is 3.58. The molecular formula is C18H17NO3. The zero-order valence-electron chi connectivity index (χ0n) is 12.6. The summed E-state index contributed by atoms with van der Waals surface area (Å²) in [4.78, 5) is 12.6. The Bertz CT molecular complexity index is 806. The van der Waals surface area contributed by atoms with E-state index in [0.29, 0.717) is 22.7 Å². The molecule has 0 amide bonds. The van der Waals surface area contributed by atoms with Gasteiger partial charge in [0.25, 0.3) is 0 Å². The molecule has 4 heteroatoms. The van der Waals surface area contributed by atoms with Gasteiger partial charge in [-0.2, -0.15) is 0 Å². The van der Waals surface area contributed by atoms with Gasteiger partial charge in [0.15, 0.2) is 5.78 Å². The van der Waals surface area contributed by atoms with E-state index in [9.17, 15) is 4.79 Å². The highest BCUT2D eigenvalue weighted by Gasteiger charge is 2.18. The first-order valence-corrected chi connectivity index (χ1v) is 7.08. The smallest absolute Gasteiger partial charge is 0.185 e. The van der Waals surface area contributed by atoms with Crippen LogP contribution in [0, 0.1) is 6.92 Å². The van der Waals surface area contributed by atoms with E-state index in [-0.39, 0.29) is 12.3 Å². The number of nitrogens with one attached hydrogen (secondary N) is 1. The van der Waals surface area contributed by atoms with Crippen LogP contribution < -0.4 is 10.1 Å². The summed E-state index contributed by atoms with van der Waals surface area (Å²) in [5.41, 5.74) is 2.22. The average molecular weight is 295 g/mol. The minimum absolute atomic E-state index is 0.00615. The maximum Gasteiger partial charge on any atom is 0.185 e. The third-order valence-electron chi connectivity index (χ3n) is 3.58. The summed E-state index contributed by atoms with van der Waals surface area (Å²) >= 11 is 0. The molecule has 22 heavy (non-hydrogen) atoms. The lowest BCUT2D eigenvalue weighted by Crippen LogP contribution is -2.14. The molecule has 1 N–H and O–H groups in total. The molecule has 3 aromatic rings. The van der Waals surface area contributed by atoms with Crippen molar-refractivity contribution in [3.05, 3.63) is 59.9 Å².